The minimum Gasteiger partial charge on any atom is -0.503 e. The van der Waals surface area contributed by atoms with Gasteiger partial charge < -0.3 is 15.2 Å². The molecule has 0 heterocycles. The van der Waals surface area contributed by atoms with Gasteiger partial charge in [0, 0.05) is 11.6 Å². The van der Waals surface area contributed by atoms with Crippen LogP contribution >= 0.6 is 39.1 Å². The van der Waals surface area contributed by atoms with E-state index in [-0.39, 0.29) is 5.75 Å². The Balaban J connectivity index is 2.16. The summed E-state index contributed by atoms with van der Waals surface area (Å²) >= 11 is 15.2. The average molecular weight is 377 g/mol. The molecule has 106 valence electrons. The zero-order chi connectivity index (χ0) is 14.7. The molecule has 0 atom stereocenters. The quantitative estimate of drug-likeness (QED) is 0.781. The van der Waals surface area contributed by atoms with Crippen LogP contribution in [-0.2, 0) is 6.54 Å². The van der Waals surface area contributed by atoms with Crippen molar-refractivity contribution < 1.29 is 9.84 Å². The zero-order valence-electron chi connectivity index (χ0n) is 10.6. The van der Waals surface area contributed by atoms with Crippen molar-refractivity contribution in [1.29, 1.82) is 0 Å². The van der Waals surface area contributed by atoms with Crippen LogP contribution in [0.25, 0.3) is 0 Å². The molecule has 0 radical (unpaired) electrons. The van der Waals surface area contributed by atoms with Crippen molar-refractivity contribution in [2.75, 3.05) is 12.4 Å². The van der Waals surface area contributed by atoms with E-state index in [9.17, 15) is 5.11 Å². The standard InChI is InChI=1S/C14H12BrCl2NO2/c1-20-13-5-8(4-10(15)14(13)19)7-18-12-3-2-9(16)6-11(12)17/h2-6,18-19H,7H2,1H3. The predicted octanol–water partition coefficient (Wildman–Crippen LogP) is 5.08. The van der Waals surface area contributed by atoms with Crippen molar-refractivity contribution in [2.45, 2.75) is 6.54 Å². The van der Waals surface area contributed by atoms with Gasteiger partial charge in [0.05, 0.1) is 22.3 Å². The highest BCUT2D eigenvalue weighted by Crippen LogP contribution is 2.35. The summed E-state index contributed by atoms with van der Waals surface area (Å²) < 4.78 is 5.69. The smallest absolute Gasteiger partial charge is 0.172 e. The molecule has 2 aromatic rings. The SMILES string of the molecule is COc1cc(CNc2ccc(Cl)cc2Cl)cc(Br)c1O. The maximum Gasteiger partial charge on any atom is 0.172 e. The molecule has 2 rings (SSSR count). The fraction of sp³-hybridized carbons (Fsp3) is 0.143. The van der Waals surface area contributed by atoms with Gasteiger partial charge in [0.15, 0.2) is 11.5 Å². The molecule has 2 N–H and O–H groups in total. The van der Waals surface area contributed by atoms with Crippen LogP contribution in [0, 0.1) is 0 Å². The van der Waals surface area contributed by atoms with E-state index in [1.54, 1.807) is 18.2 Å². The van der Waals surface area contributed by atoms with Crippen molar-refractivity contribution in [1.82, 2.24) is 0 Å². The van der Waals surface area contributed by atoms with Gasteiger partial charge in [-0.25, -0.2) is 0 Å². The number of methoxy groups -OCH3 is 1. The summed E-state index contributed by atoms with van der Waals surface area (Å²) in [6, 6.07) is 8.84. The molecule has 0 fully saturated rings. The Morgan fingerprint density at radius 1 is 1.25 bits per heavy atom. The van der Waals surface area contributed by atoms with Crippen molar-refractivity contribution in [2.24, 2.45) is 0 Å². The first-order valence-electron chi connectivity index (χ1n) is 5.75. The van der Waals surface area contributed by atoms with Gasteiger partial charge in [0.25, 0.3) is 0 Å². The summed E-state index contributed by atoms with van der Waals surface area (Å²) in [6.45, 7) is 0.538. The number of hydrogen-bond acceptors (Lipinski definition) is 3. The minimum atomic E-state index is 0.0841. The molecule has 0 amide bonds. The number of rotatable bonds is 4. The van der Waals surface area contributed by atoms with Gasteiger partial charge in [-0.15, -0.1) is 0 Å². The van der Waals surface area contributed by atoms with Gasteiger partial charge in [-0.3, -0.25) is 0 Å². The number of ether oxygens (including phenoxy) is 1. The van der Waals surface area contributed by atoms with Crippen LogP contribution in [0.5, 0.6) is 11.5 Å². The van der Waals surface area contributed by atoms with E-state index in [4.69, 9.17) is 27.9 Å². The summed E-state index contributed by atoms with van der Waals surface area (Å²) in [5, 5.41) is 14.1. The van der Waals surface area contributed by atoms with E-state index >= 15 is 0 Å². The number of phenolic OH excluding ortho intramolecular Hbond substituents is 1. The molecule has 0 saturated heterocycles. The van der Waals surface area contributed by atoms with Crippen molar-refractivity contribution in [3.63, 3.8) is 0 Å². The molecular formula is C14H12BrCl2NO2. The minimum absolute atomic E-state index is 0.0841. The normalized spacial score (nSPS) is 10.4. The van der Waals surface area contributed by atoms with Crippen LogP contribution in [0.1, 0.15) is 5.56 Å². The number of anilines is 1. The second kappa shape index (κ2) is 6.57. The fourth-order valence-electron chi connectivity index (χ4n) is 1.72. The Labute approximate surface area is 135 Å². The molecule has 2 aromatic carbocycles. The topological polar surface area (TPSA) is 41.5 Å². The summed E-state index contributed by atoms with van der Waals surface area (Å²) in [5.41, 5.74) is 1.73. The van der Waals surface area contributed by atoms with Crippen molar-refractivity contribution in [3.05, 3.63) is 50.4 Å². The van der Waals surface area contributed by atoms with E-state index in [2.05, 4.69) is 21.2 Å². The Kier molecular flexibility index (Phi) is 5.02. The third kappa shape index (κ3) is 3.51. The van der Waals surface area contributed by atoms with Crippen LogP contribution in [0.2, 0.25) is 10.0 Å². The largest absolute Gasteiger partial charge is 0.503 e. The van der Waals surface area contributed by atoms with Crippen LogP contribution in [0.4, 0.5) is 5.69 Å². The van der Waals surface area contributed by atoms with Gasteiger partial charge in [-0.2, -0.15) is 0 Å². The molecule has 0 spiro atoms. The average Bonchev–Trinajstić information content (AvgIpc) is 2.41. The first-order chi connectivity index (χ1) is 9.51. The zero-order valence-corrected chi connectivity index (χ0v) is 13.7. The Hall–Kier alpha value is -1.10. The molecule has 3 nitrogen and oxygen atoms in total. The van der Waals surface area contributed by atoms with Crippen LogP contribution in [0.15, 0.2) is 34.8 Å². The first kappa shape index (κ1) is 15.3. The molecule has 0 aliphatic heterocycles. The third-order valence-electron chi connectivity index (χ3n) is 2.72. The maximum absolute atomic E-state index is 9.75. The fourth-order valence-corrected chi connectivity index (χ4v) is 2.68. The summed E-state index contributed by atoms with van der Waals surface area (Å²) in [6.07, 6.45) is 0. The Morgan fingerprint density at radius 2 is 2.00 bits per heavy atom. The highest BCUT2D eigenvalue weighted by Gasteiger charge is 2.09. The number of nitrogens with one attached hydrogen (secondary N) is 1. The molecule has 0 bridgehead atoms. The van der Waals surface area contributed by atoms with Crippen LogP contribution in [-0.4, -0.2) is 12.2 Å². The lowest BCUT2D eigenvalue weighted by Crippen LogP contribution is -2.00. The third-order valence-corrected chi connectivity index (χ3v) is 3.87. The van der Waals surface area contributed by atoms with E-state index < -0.39 is 0 Å². The second-order valence-electron chi connectivity index (χ2n) is 4.11. The number of aromatic hydroxyl groups is 1. The summed E-state index contributed by atoms with van der Waals surface area (Å²) in [4.78, 5) is 0. The number of hydrogen-bond donors (Lipinski definition) is 2. The Bertz CT molecular complexity index is 635. The lowest BCUT2D eigenvalue weighted by Gasteiger charge is -2.11. The molecule has 20 heavy (non-hydrogen) atoms. The van der Waals surface area contributed by atoms with Crippen LogP contribution < -0.4 is 10.1 Å². The molecule has 0 aliphatic rings. The molecule has 0 unspecified atom stereocenters. The van der Waals surface area contributed by atoms with Gasteiger partial charge in [-0.05, 0) is 51.8 Å². The van der Waals surface area contributed by atoms with Gasteiger partial charge >= 0.3 is 0 Å². The lowest BCUT2D eigenvalue weighted by molar-refractivity contribution is 0.371. The molecule has 0 aromatic heterocycles. The maximum atomic E-state index is 9.75. The molecule has 0 aliphatic carbocycles. The van der Waals surface area contributed by atoms with Gasteiger partial charge in [0.2, 0.25) is 0 Å². The molecular weight excluding hydrogens is 365 g/mol. The lowest BCUT2D eigenvalue weighted by atomic mass is 10.2. The van der Waals surface area contributed by atoms with E-state index in [1.807, 2.05) is 12.1 Å². The molecule has 6 heteroatoms. The van der Waals surface area contributed by atoms with Gasteiger partial charge in [0.1, 0.15) is 0 Å². The summed E-state index contributed by atoms with van der Waals surface area (Å²) in [5.74, 6) is 0.499. The van der Waals surface area contributed by atoms with E-state index in [0.29, 0.717) is 26.8 Å². The highest BCUT2D eigenvalue weighted by molar-refractivity contribution is 9.10. The van der Waals surface area contributed by atoms with Crippen molar-refractivity contribution >= 4 is 44.8 Å². The number of halogens is 3. The molecule has 0 saturated carbocycles. The summed E-state index contributed by atoms with van der Waals surface area (Å²) in [7, 11) is 1.51. The number of phenols is 1. The van der Waals surface area contributed by atoms with Crippen molar-refractivity contribution in [3.8, 4) is 11.5 Å². The van der Waals surface area contributed by atoms with E-state index in [1.165, 1.54) is 7.11 Å². The predicted molar refractivity (Wildman–Crippen MR) is 86.1 cm³/mol. The van der Waals surface area contributed by atoms with E-state index in [0.717, 1.165) is 11.3 Å². The van der Waals surface area contributed by atoms with Crippen LogP contribution in [0.3, 0.4) is 0 Å². The van der Waals surface area contributed by atoms with Gasteiger partial charge in [-0.1, -0.05) is 23.2 Å². The number of benzene rings is 2. The first-order valence-corrected chi connectivity index (χ1v) is 7.30. The monoisotopic (exact) mass is 375 g/mol. The second-order valence-corrected chi connectivity index (χ2v) is 5.80. The highest BCUT2D eigenvalue weighted by atomic mass is 79.9. The Morgan fingerprint density at radius 3 is 2.65 bits per heavy atom.